The summed E-state index contributed by atoms with van der Waals surface area (Å²) in [5.41, 5.74) is 1.14. The van der Waals surface area contributed by atoms with Gasteiger partial charge in [0, 0.05) is 11.6 Å². The third-order valence-electron chi connectivity index (χ3n) is 3.26. The summed E-state index contributed by atoms with van der Waals surface area (Å²) in [5.74, 6) is 2.37. The van der Waals surface area contributed by atoms with E-state index in [0.717, 1.165) is 29.4 Å². The van der Waals surface area contributed by atoms with Gasteiger partial charge in [0.15, 0.2) is 11.5 Å². The van der Waals surface area contributed by atoms with Crippen LogP contribution in [-0.2, 0) is 0 Å². The van der Waals surface area contributed by atoms with Crippen molar-refractivity contribution < 1.29 is 9.47 Å². The van der Waals surface area contributed by atoms with Gasteiger partial charge in [-0.2, -0.15) is 0 Å². The molecule has 2 aromatic carbocycles. The smallest absolute Gasteiger partial charge is 0.169 e. The van der Waals surface area contributed by atoms with E-state index in [1.807, 2.05) is 49.4 Å². The maximum atomic E-state index is 6.10. The molecule has 0 saturated heterocycles. The monoisotopic (exact) mass is 285 g/mol. The summed E-state index contributed by atoms with van der Waals surface area (Å²) in [6.07, 6.45) is 0. The lowest BCUT2D eigenvalue weighted by Gasteiger charge is -2.18. The second-order valence-corrected chi connectivity index (χ2v) is 4.80. The molecule has 2 aromatic rings. The van der Waals surface area contributed by atoms with Crippen molar-refractivity contribution in [2.45, 2.75) is 26.8 Å². The first-order valence-electron chi connectivity index (χ1n) is 7.48. The van der Waals surface area contributed by atoms with Gasteiger partial charge in [-0.05, 0) is 38.6 Å². The van der Waals surface area contributed by atoms with Crippen LogP contribution in [0.3, 0.4) is 0 Å². The SMILES string of the molecule is CCNC(C)c1ccccc1Oc1ccccc1OCC. The molecule has 0 aliphatic carbocycles. The van der Waals surface area contributed by atoms with Crippen molar-refractivity contribution in [1.82, 2.24) is 5.32 Å². The molecule has 0 amide bonds. The Kier molecular flexibility index (Phi) is 5.64. The van der Waals surface area contributed by atoms with Crippen LogP contribution in [0.1, 0.15) is 32.4 Å². The van der Waals surface area contributed by atoms with E-state index in [4.69, 9.17) is 9.47 Å². The zero-order valence-corrected chi connectivity index (χ0v) is 12.9. The van der Waals surface area contributed by atoms with Crippen LogP contribution in [-0.4, -0.2) is 13.2 Å². The van der Waals surface area contributed by atoms with E-state index in [1.54, 1.807) is 0 Å². The van der Waals surface area contributed by atoms with E-state index < -0.39 is 0 Å². The summed E-state index contributed by atoms with van der Waals surface area (Å²) in [4.78, 5) is 0. The Hall–Kier alpha value is -2.00. The molecule has 112 valence electrons. The lowest BCUT2D eigenvalue weighted by Crippen LogP contribution is -2.18. The Morgan fingerprint density at radius 1 is 0.905 bits per heavy atom. The third kappa shape index (κ3) is 3.99. The number of benzene rings is 2. The molecule has 0 aliphatic heterocycles. The van der Waals surface area contributed by atoms with Crippen LogP contribution in [0.15, 0.2) is 48.5 Å². The van der Waals surface area contributed by atoms with E-state index in [9.17, 15) is 0 Å². The summed E-state index contributed by atoms with van der Waals surface area (Å²) in [6, 6.07) is 16.1. The van der Waals surface area contributed by atoms with Crippen molar-refractivity contribution >= 4 is 0 Å². The van der Waals surface area contributed by atoms with Crippen LogP contribution in [0.4, 0.5) is 0 Å². The summed E-state index contributed by atoms with van der Waals surface area (Å²) in [5, 5.41) is 3.42. The normalized spacial score (nSPS) is 12.0. The molecule has 1 unspecified atom stereocenters. The molecule has 0 spiro atoms. The predicted octanol–water partition coefficient (Wildman–Crippen LogP) is 4.55. The molecule has 0 aromatic heterocycles. The number of rotatable bonds is 7. The molecule has 2 rings (SSSR count). The van der Waals surface area contributed by atoms with Crippen molar-refractivity contribution in [3.8, 4) is 17.2 Å². The molecule has 0 bridgehead atoms. The molecular weight excluding hydrogens is 262 g/mol. The Labute approximate surface area is 126 Å². The summed E-state index contributed by atoms with van der Waals surface area (Å²) in [7, 11) is 0. The van der Waals surface area contributed by atoms with E-state index in [1.165, 1.54) is 0 Å². The molecule has 1 atom stereocenters. The minimum atomic E-state index is 0.241. The molecule has 3 heteroatoms. The molecule has 0 heterocycles. The minimum absolute atomic E-state index is 0.241. The van der Waals surface area contributed by atoms with Crippen LogP contribution in [0, 0.1) is 0 Å². The molecule has 0 fully saturated rings. The maximum Gasteiger partial charge on any atom is 0.169 e. The van der Waals surface area contributed by atoms with Gasteiger partial charge in [-0.1, -0.05) is 37.3 Å². The van der Waals surface area contributed by atoms with Gasteiger partial charge >= 0.3 is 0 Å². The van der Waals surface area contributed by atoms with E-state index >= 15 is 0 Å². The van der Waals surface area contributed by atoms with Gasteiger partial charge in [0.1, 0.15) is 5.75 Å². The highest BCUT2D eigenvalue weighted by Crippen LogP contribution is 2.34. The van der Waals surface area contributed by atoms with E-state index in [2.05, 4.69) is 25.2 Å². The number of ether oxygens (including phenoxy) is 2. The topological polar surface area (TPSA) is 30.5 Å². The zero-order chi connectivity index (χ0) is 15.1. The number of nitrogens with one attached hydrogen (secondary N) is 1. The Bertz CT molecular complexity index is 569. The highest BCUT2D eigenvalue weighted by Gasteiger charge is 2.12. The molecule has 0 aliphatic rings. The standard InChI is InChI=1S/C18H23NO2/c1-4-19-14(3)15-10-6-7-11-16(15)21-18-13-9-8-12-17(18)20-5-2/h6-14,19H,4-5H2,1-3H3. The number of para-hydroxylation sites is 3. The van der Waals surface area contributed by atoms with Gasteiger partial charge in [0.2, 0.25) is 0 Å². The first kappa shape index (κ1) is 15.4. The summed E-state index contributed by atoms with van der Waals surface area (Å²) in [6.45, 7) is 7.75. The minimum Gasteiger partial charge on any atom is -0.490 e. The second kappa shape index (κ2) is 7.70. The fourth-order valence-corrected chi connectivity index (χ4v) is 2.28. The van der Waals surface area contributed by atoms with Crippen molar-refractivity contribution in [2.24, 2.45) is 0 Å². The lowest BCUT2D eigenvalue weighted by atomic mass is 10.1. The van der Waals surface area contributed by atoms with Crippen LogP contribution < -0.4 is 14.8 Å². The first-order chi connectivity index (χ1) is 10.3. The van der Waals surface area contributed by atoms with Crippen LogP contribution in [0.25, 0.3) is 0 Å². The Balaban J connectivity index is 2.27. The van der Waals surface area contributed by atoms with E-state index in [-0.39, 0.29) is 6.04 Å². The van der Waals surface area contributed by atoms with Gasteiger partial charge < -0.3 is 14.8 Å². The van der Waals surface area contributed by atoms with Gasteiger partial charge in [0.25, 0.3) is 0 Å². The predicted molar refractivity (Wildman–Crippen MR) is 86.2 cm³/mol. The summed E-state index contributed by atoms with van der Waals surface area (Å²) < 4.78 is 11.7. The average molecular weight is 285 g/mol. The Morgan fingerprint density at radius 2 is 1.52 bits per heavy atom. The highest BCUT2D eigenvalue weighted by molar-refractivity contribution is 5.45. The zero-order valence-electron chi connectivity index (χ0n) is 12.9. The first-order valence-corrected chi connectivity index (χ1v) is 7.48. The summed E-state index contributed by atoms with van der Waals surface area (Å²) >= 11 is 0. The van der Waals surface area contributed by atoms with Crippen LogP contribution >= 0.6 is 0 Å². The van der Waals surface area contributed by atoms with E-state index in [0.29, 0.717) is 6.61 Å². The molecule has 1 N–H and O–H groups in total. The van der Waals surface area contributed by atoms with Gasteiger partial charge in [-0.3, -0.25) is 0 Å². The number of hydrogen-bond acceptors (Lipinski definition) is 3. The number of hydrogen-bond donors (Lipinski definition) is 1. The van der Waals surface area contributed by atoms with Gasteiger partial charge in [-0.15, -0.1) is 0 Å². The maximum absolute atomic E-state index is 6.10. The van der Waals surface area contributed by atoms with Crippen LogP contribution in [0.5, 0.6) is 17.2 Å². The quantitative estimate of drug-likeness (QED) is 0.809. The molecule has 21 heavy (non-hydrogen) atoms. The van der Waals surface area contributed by atoms with Crippen LogP contribution in [0.2, 0.25) is 0 Å². The fraction of sp³-hybridized carbons (Fsp3) is 0.333. The average Bonchev–Trinajstić information content (AvgIpc) is 2.50. The van der Waals surface area contributed by atoms with Crippen molar-refractivity contribution in [1.29, 1.82) is 0 Å². The van der Waals surface area contributed by atoms with Gasteiger partial charge in [0.05, 0.1) is 6.61 Å². The largest absolute Gasteiger partial charge is 0.490 e. The van der Waals surface area contributed by atoms with Crippen molar-refractivity contribution in [3.05, 3.63) is 54.1 Å². The lowest BCUT2D eigenvalue weighted by molar-refractivity contribution is 0.320. The molecule has 3 nitrogen and oxygen atoms in total. The molecular formula is C18H23NO2. The third-order valence-corrected chi connectivity index (χ3v) is 3.26. The van der Waals surface area contributed by atoms with Crippen molar-refractivity contribution in [3.63, 3.8) is 0 Å². The van der Waals surface area contributed by atoms with Gasteiger partial charge in [-0.25, -0.2) is 0 Å². The second-order valence-electron chi connectivity index (χ2n) is 4.80. The van der Waals surface area contributed by atoms with Crippen molar-refractivity contribution in [2.75, 3.05) is 13.2 Å². The Morgan fingerprint density at radius 3 is 2.19 bits per heavy atom. The molecule has 0 radical (unpaired) electrons. The fourth-order valence-electron chi connectivity index (χ4n) is 2.28. The highest BCUT2D eigenvalue weighted by atomic mass is 16.5. The molecule has 0 saturated carbocycles.